The van der Waals surface area contributed by atoms with Gasteiger partial charge in [0.25, 0.3) is 0 Å². The molecule has 32 heavy (non-hydrogen) atoms. The summed E-state index contributed by atoms with van der Waals surface area (Å²) in [7, 11) is 0. The molecular weight excluding hydrogens is 405 g/mol. The summed E-state index contributed by atoms with van der Waals surface area (Å²) in [6, 6.07) is 25.1. The van der Waals surface area contributed by atoms with Gasteiger partial charge in [0, 0.05) is 23.2 Å². The van der Waals surface area contributed by atoms with Gasteiger partial charge in [-0.25, -0.2) is 9.37 Å². The predicted molar refractivity (Wildman–Crippen MR) is 120 cm³/mol. The number of hydrogen-bond acceptors (Lipinski definition) is 5. The summed E-state index contributed by atoms with van der Waals surface area (Å²) >= 11 is 0. The van der Waals surface area contributed by atoms with E-state index in [9.17, 15) is 4.39 Å². The third kappa shape index (κ3) is 4.11. The van der Waals surface area contributed by atoms with E-state index < -0.39 is 0 Å². The van der Waals surface area contributed by atoms with E-state index in [1.54, 1.807) is 24.4 Å². The van der Waals surface area contributed by atoms with Gasteiger partial charge in [-0.15, -0.1) is 0 Å². The van der Waals surface area contributed by atoms with Crippen molar-refractivity contribution in [1.29, 1.82) is 0 Å². The van der Waals surface area contributed by atoms with E-state index in [1.165, 1.54) is 12.1 Å². The third-order valence-electron chi connectivity index (χ3n) is 4.92. The lowest BCUT2D eigenvalue weighted by Crippen LogP contribution is -1.98. The van der Waals surface area contributed by atoms with E-state index in [2.05, 4.69) is 15.0 Å². The summed E-state index contributed by atoms with van der Waals surface area (Å²) in [6.45, 7) is 2.00. The lowest BCUT2D eigenvalue weighted by atomic mass is 10.0. The number of halogens is 1. The Kier molecular flexibility index (Phi) is 5.17. The number of para-hydroxylation sites is 1. The van der Waals surface area contributed by atoms with Gasteiger partial charge in [-0.1, -0.05) is 24.3 Å². The molecule has 5 aromatic rings. The predicted octanol–water partition coefficient (Wildman–Crippen LogP) is 6.72. The minimum absolute atomic E-state index is 0.229. The van der Waals surface area contributed by atoms with E-state index in [4.69, 9.17) is 9.47 Å². The number of pyridine rings is 1. The quantitative estimate of drug-likeness (QED) is 0.314. The van der Waals surface area contributed by atoms with Crippen molar-refractivity contribution in [3.8, 4) is 34.6 Å². The molecule has 5 nitrogen and oxygen atoms in total. The first-order chi connectivity index (χ1) is 15.7. The molecule has 2 heterocycles. The van der Waals surface area contributed by atoms with Gasteiger partial charge in [0.15, 0.2) is 0 Å². The average molecular weight is 423 g/mol. The molecule has 156 valence electrons. The maximum absolute atomic E-state index is 13.1. The van der Waals surface area contributed by atoms with Gasteiger partial charge in [0.1, 0.15) is 17.3 Å². The summed E-state index contributed by atoms with van der Waals surface area (Å²) in [6.07, 6.45) is 1.66. The number of hydrogen-bond donors (Lipinski definition) is 0. The van der Waals surface area contributed by atoms with Crippen LogP contribution >= 0.6 is 0 Å². The molecule has 0 fully saturated rings. The largest absolute Gasteiger partial charge is 0.457 e. The molecule has 0 amide bonds. The standard InChI is InChI=1S/C26H18FN3O2/c1-17-5-4-6-22-24(17)29-26(32-23-7-2-3-16-28-23)30-25(22)18-8-12-20(13-9-18)31-21-14-10-19(27)11-15-21/h2-16H,1H3. The average Bonchev–Trinajstić information content (AvgIpc) is 2.82. The maximum Gasteiger partial charge on any atom is 0.324 e. The smallest absolute Gasteiger partial charge is 0.324 e. The number of benzene rings is 3. The molecule has 5 rings (SSSR count). The summed E-state index contributed by atoms with van der Waals surface area (Å²) in [5.41, 5.74) is 3.47. The topological polar surface area (TPSA) is 57.1 Å². The lowest BCUT2D eigenvalue weighted by Gasteiger charge is -2.11. The Labute approximate surface area is 184 Å². The van der Waals surface area contributed by atoms with Crippen LogP contribution in [0.1, 0.15) is 5.56 Å². The molecule has 0 aliphatic carbocycles. The minimum atomic E-state index is -0.303. The molecule has 0 saturated carbocycles. The maximum atomic E-state index is 13.1. The van der Waals surface area contributed by atoms with Crippen LogP contribution in [-0.2, 0) is 0 Å². The fourth-order valence-corrected chi connectivity index (χ4v) is 3.36. The van der Waals surface area contributed by atoms with E-state index in [1.807, 2.05) is 61.5 Å². The number of nitrogens with zero attached hydrogens (tertiary/aromatic N) is 3. The van der Waals surface area contributed by atoms with Gasteiger partial charge in [-0.05, 0) is 67.1 Å². The fraction of sp³-hybridized carbons (Fsp3) is 0.0385. The van der Waals surface area contributed by atoms with Crippen LogP contribution in [0.3, 0.4) is 0 Å². The normalized spacial score (nSPS) is 10.8. The number of rotatable bonds is 5. The molecule has 0 radical (unpaired) electrons. The van der Waals surface area contributed by atoms with Gasteiger partial charge in [-0.2, -0.15) is 9.97 Å². The lowest BCUT2D eigenvalue weighted by molar-refractivity contribution is 0.428. The molecule has 0 unspecified atom stereocenters. The van der Waals surface area contributed by atoms with Crippen LogP contribution in [0.25, 0.3) is 22.2 Å². The van der Waals surface area contributed by atoms with Crippen LogP contribution in [0.2, 0.25) is 0 Å². The highest BCUT2D eigenvalue weighted by atomic mass is 19.1. The van der Waals surface area contributed by atoms with Crippen molar-refractivity contribution in [3.63, 3.8) is 0 Å². The summed E-state index contributed by atoms with van der Waals surface area (Å²) in [5.74, 6) is 1.32. The van der Waals surface area contributed by atoms with Crippen molar-refractivity contribution in [2.45, 2.75) is 6.92 Å². The number of fused-ring (bicyclic) bond motifs is 1. The van der Waals surface area contributed by atoms with Crippen molar-refractivity contribution in [2.75, 3.05) is 0 Å². The Bertz CT molecular complexity index is 1370. The van der Waals surface area contributed by atoms with E-state index >= 15 is 0 Å². The van der Waals surface area contributed by atoms with E-state index in [0.29, 0.717) is 17.4 Å². The summed E-state index contributed by atoms with van der Waals surface area (Å²) < 4.78 is 24.7. The molecule has 0 aliphatic heterocycles. The molecular formula is C26H18FN3O2. The molecule has 0 N–H and O–H groups in total. The van der Waals surface area contributed by atoms with E-state index in [0.717, 1.165) is 27.7 Å². The number of aromatic nitrogens is 3. The van der Waals surface area contributed by atoms with Crippen molar-refractivity contribution >= 4 is 10.9 Å². The fourth-order valence-electron chi connectivity index (χ4n) is 3.36. The number of ether oxygens (including phenoxy) is 2. The Balaban J connectivity index is 1.52. The van der Waals surface area contributed by atoms with Crippen molar-refractivity contribution < 1.29 is 13.9 Å². The zero-order chi connectivity index (χ0) is 21.9. The summed E-state index contributed by atoms with van der Waals surface area (Å²) in [5, 5.41) is 0.922. The first-order valence-electron chi connectivity index (χ1n) is 10.1. The Morgan fingerprint density at radius 1 is 0.719 bits per heavy atom. The van der Waals surface area contributed by atoms with Gasteiger partial charge in [0.05, 0.1) is 11.2 Å². The minimum Gasteiger partial charge on any atom is -0.457 e. The van der Waals surface area contributed by atoms with Crippen LogP contribution in [-0.4, -0.2) is 15.0 Å². The zero-order valence-electron chi connectivity index (χ0n) is 17.2. The van der Waals surface area contributed by atoms with Gasteiger partial charge in [-0.3, -0.25) is 0 Å². The van der Waals surface area contributed by atoms with Crippen LogP contribution in [0.4, 0.5) is 4.39 Å². The molecule has 2 aromatic heterocycles. The SMILES string of the molecule is Cc1cccc2c(-c3ccc(Oc4ccc(F)cc4)cc3)nc(Oc3ccccn3)nc12. The second kappa shape index (κ2) is 8.43. The highest BCUT2D eigenvalue weighted by Crippen LogP contribution is 2.32. The molecule has 0 bridgehead atoms. The second-order valence-corrected chi connectivity index (χ2v) is 7.18. The Morgan fingerprint density at radius 2 is 1.47 bits per heavy atom. The first-order valence-corrected chi connectivity index (χ1v) is 10.1. The Morgan fingerprint density at radius 3 is 2.19 bits per heavy atom. The number of aryl methyl sites for hydroxylation is 1. The second-order valence-electron chi connectivity index (χ2n) is 7.18. The highest BCUT2D eigenvalue weighted by molar-refractivity contribution is 5.94. The molecule has 6 heteroatoms. The monoisotopic (exact) mass is 423 g/mol. The third-order valence-corrected chi connectivity index (χ3v) is 4.92. The molecule has 0 aliphatic rings. The van der Waals surface area contributed by atoms with Crippen LogP contribution < -0.4 is 9.47 Å². The summed E-state index contributed by atoms with van der Waals surface area (Å²) in [4.78, 5) is 13.5. The molecule has 3 aromatic carbocycles. The van der Waals surface area contributed by atoms with Gasteiger partial charge in [0.2, 0.25) is 5.88 Å². The molecule has 0 saturated heterocycles. The first kappa shape index (κ1) is 19.6. The van der Waals surface area contributed by atoms with Crippen molar-refractivity contribution in [1.82, 2.24) is 15.0 Å². The van der Waals surface area contributed by atoms with Crippen LogP contribution in [0.5, 0.6) is 23.4 Å². The van der Waals surface area contributed by atoms with Crippen molar-refractivity contribution in [2.24, 2.45) is 0 Å². The van der Waals surface area contributed by atoms with Crippen LogP contribution in [0.15, 0.2) is 91.1 Å². The van der Waals surface area contributed by atoms with E-state index in [-0.39, 0.29) is 11.8 Å². The van der Waals surface area contributed by atoms with Gasteiger partial charge < -0.3 is 9.47 Å². The van der Waals surface area contributed by atoms with Crippen LogP contribution in [0, 0.1) is 12.7 Å². The molecule has 0 spiro atoms. The highest BCUT2D eigenvalue weighted by Gasteiger charge is 2.13. The van der Waals surface area contributed by atoms with Gasteiger partial charge >= 0.3 is 6.01 Å². The Hall–Kier alpha value is -4.32. The molecule has 0 atom stereocenters. The zero-order valence-corrected chi connectivity index (χ0v) is 17.2. The van der Waals surface area contributed by atoms with Crippen molar-refractivity contribution in [3.05, 3.63) is 103 Å².